The summed E-state index contributed by atoms with van der Waals surface area (Å²) in [5, 5.41) is 11.1. The van der Waals surface area contributed by atoms with Crippen molar-refractivity contribution in [1.29, 1.82) is 0 Å². The molecule has 8 nitrogen and oxygen atoms in total. The Balaban J connectivity index is 1.69. The van der Waals surface area contributed by atoms with Crippen LogP contribution < -0.4 is 10.5 Å². The SMILES string of the molecule is O=c1c2ccccc2nc(C2CCCN2c2ncnc3cnccc23)n1CCO. The van der Waals surface area contributed by atoms with Crippen LogP contribution in [0.5, 0.6) is 0 Å². The van der Waals surface area contributed by atoms with Gasteiger partial charge < -0.3 is 10.0 Å². The van der Waals surface area contributed by atoms with Gasteiger partial charge in [0.05, 0.1) is 41.8 Å². The molecule has 5 rings (SSSR count). The maximum Gasteiger partial charge on any atom is 0.261 e. The summed E-state index contributed by atoms with van der Waals surface area (Å²) in [4.78, 5) is 33.2. The Hall–Kier alpha value is -3.39. The number of rotatable bonds is 4. The maximum atomic E-state index is 13.1. The molecule has 1 saturated heterocycles. The molecule has 1 aromatic carbocycles. The average Bonchev–Trinajstić information content (AvgIpc) is 3.25. The number of nitrogens with zero attached hydrogens (tertiary/aromatic N) is 6. The number of benzene rings is 1. The highest BCUT2D eigenvalue weighted by Crippen LogP contribution is 2.37. The van der Waals surface area contributed by atoms with Crippen LogP contribution in [-0.4, -0.2) is 42.8 Å². The summed E-state index contributed by atoms with van der Waals surface area (Å²) >= 11 is 0. The van der Waals surface area contributed by atoms with Crippen LogP contribution in [0, 0.1) is 0 Å². The lowest BCUT2D eigenvalue weighted by molar-refractivity contribution is 0.270. The van der Waals surface area contributed by atoms with Crippen molar-refractivity contribution in [2.45, 2.75) is 25.4 Å². The van der Waals surface area contributed by atoms with Crippen LogP contribution >= 0.6 is 0 Å². The number of pyridine rings is 1. The molecule has 1 aliphatic rings. The zero-order chi connectivity index (χ0) is 19.8. The lowest BCUT2D eigenvalue weighted by Gasteiger charge is -2.28. The first-order valence-electron chi connectivity index (χ1n) is 9.69. The van der Waals surface area contributed by atoms with Crippen LogP contribution in [0.2, 0.25) is 0 Å². The molecule has 0 aliphatic carbocycles. The Kier molecular flexibility index (Phi) is 4.40. The number of hydrogen-bond acceptors (Lipinski definition) is 7. The number of fused-ring (bicyclic) bond motifs is 2. The number of aliphatic hydroxyl groups excluding tert-OH is 1. The van der Waals surface area contributed by atoms with Gasteiger partial charge in [-0.05, 0) is 31.0 Å². The molecule has 0 amide bonds. The molecule has 1 atom stereocenters. The first kappa shape index (κ1) is 17.7. The molecule has 0 bridgehead atoms. The topological polar surface area (TPSA) is 97.0 Å². The number of para-hydroxylation sites is 1. The van der Waals surface area contributed by atoms with E-state index in [0.717, 1.165) is 36.1 Å². The third-order valence-electron chi connectivity index (χ3n) is 5.46. The Labute approximate surface area is 166 Å². The fourth-order valence-electron chi connectivity index (χ4n) is 4.17. The lowest BCUT2D eigenvalue weighted by atomic mass is 10.1. The third kappa shape index (κ3) is 2.92. The second kappa shape index (κ2) is 7.21. The lowest BCUT2D eigenvalue weighted by Crippen LogP contribution is -2.33. The summed E-state index contributed by atoms with van der Waals surface area (Å²) in [5.74, 6) is 1.49. The molecule has 1 unspecified atom stereocenters. The predicted octanol–water partition coefficient (Wildman–Crippen LogP) is 2.07. The molecular formula is C21H20N6O2. The second-order valence-corrected chi connectivity index (χ2v) is 7.11. The zero-order valence-electron chi connectivity index (χ0n) is 15.8. The van der Waals surface area contributed by atoms with Gasteiger partial charge in [0.25, 0.3) is 5.56 Å². The largest absolute Gasteiger partial charge is 0.395 e. The van der Waals surface area contributed by atoms with Crippen LogP contribution in [0.4, 0.5) is 5.82 Å². The van der Waals surface area contributed by atoms with E-state index in [1.807, 2.05) is 24.3 Å². The fourth-order valence-corrected chi connectivity index (χ4v) is 4.17. The van der Waals surface area contributed by atoms with E-state index in [4.69, 9.17) is 4.98 Å². The van der Waals surface area contributed by atoms with E-state index in [1.54, 1.807) is 29.4 Å². The standard InChI is InChI=1S/C21H20N6O2/c28-11-10-27-20(25-16-5-2-1-4-15(16)21(27)29)18-6-3-9-26(18)19-14-7-8-22-12-17(14)23-13-24-19/h1-2,4-5,7-8,12-13,18,28H,3,6,9-11H2. The summed E-state index contributed by atoms with van der Waals surface area (Å²) in [7, 11) is 0. The van der Waals surface area contributed by atoms with E-state index in [9.17, 15) is 9.90 Å². The van der Waals surface area contributed by atoms with Crippen LogP contribution in [-0.2, 0) is 6.54 Å². The van der Waals surface area contributed by atoms with Crippen LogP contribution in [0.1, 0.15) is 24.7 Å². The van der Waals surface area contributed by atoms with Gasteiger partial charge >= 0.3 is 0 Å². The van der Waals surface area contributed by atoms with Crippen LogP contribution in [0.3, 0.4) is 0 Å². The number of aromatic nitrogens is 5. The summed E-state index contributed by atoms with van der Waals surface area (Å²) in [6, 6.07) is 9.15. The van der Waals surface area contributed by atoms with E-state index in [1.165, 1.54) is 0 Å². The van der Waals surface area contributed by atoms with Gasteiger partial charge in [0.2, 0.25) is 0 Å². The Bertz CT molecular complexity index is 1250. The molecule has 3 aromatic heterocycles. The van der Waals surface area contributed by atoms with Crippen molar-refractivity contribution in [2.75, 3.05) is 18.1 Å². The quantitative estimate of drug-likeness (QED) is 0.571. The summed E-state index contributed by atoms with van der Waals surface area (Å²) in [6.45, 7) is 0.896. The molecule has 1 aliphatic heterocycles. The van der Waals surface area contributed by atoms with Crippen molar-refractivity contribution in [3.8, 4) is 0 Å². The van der Waals surface area contributed by atoms with Crippen molar-refractivity contribution in [1.82, 2.24) is 24.5 Å². The molecule has 4 heterocycles. The highest BCUT2D eigenvalue weighted by atomic mass is 16.3. The Morgan fingerprint density at radius 1 is 1.10 bits per heavy atom. The minimum absolute atomic E-state index is 0.106. The normalized spacial score (nSPS) is 16.7. The maximum absolute atomic E-state index is 13.1. The van der Waals surface area contributed by atoms with Crippen LogP contribution in [0.25, 0.3) is 21.8 Å². The molecule has 8 heteroatoms. The van der Waals surface area contributed by atoms with Gasteiger partial charge in [0, 0.05) is 18.1 Å². The van der Waals surface area contributed by atoms with Gasteiger partial charge in [-0.1, -0.05) is 12.1 Å². The van der Waals surface area contributed by atoms with Crippen molar-refractivity contribution < 1.29 is 5.11 Å². The first-order valence-corrected chi connectivity index (χ1v) is 9.69. The minimum atomic E-state index is -0.123. The second-order valence-electron chi connectivity index (χ2n) is 7.11. The van der Waals surface area contributed by atoms with E-state index in [2.05, 4.69) is 19.9 Å². The van der Waals surface area contributed by atoms with Gasteiger partial charge in [-0.25, -0.2) is 15.0 Å². The summed E-state index contributed by atoms with van der Waals surface area (Å²) < 4.78 is 1.61. The van der Waals surface area contributed by atoms with Gasteiger partial charge in [0.1, 0.15) is 18.0 Å². The van der Waals surface area contributed by atoms with Crippen molar-refractivity contribution in [3.05, 3.63) is 65.2 Å². The fraction of sp³-hybridized carbons (Fsp3) is 0.286. The molecule has 0 radical (unpaired) electrons. The third-order valence-corrected chi connectivity index (χ3v) is 5.46. The molecule has 1 fully saturated rings. The molecular weight excluding hydrogens is 368 g/mol. The Morgan fingerprint density at radius 3 is 2.90 bits per heavy atom. The molecule has 0 spiro atoms. The number of anilines is 1. The van der Waals surface area contributed by atoms with Crippen molar-refractivity contribution in [3.63, 3.8) is 0 Å². The van der Waals surface area contributed by atoms with E-state index < -0.39 is 0 Å². The smallest absolute Gasteiger partial charge is 0.261 e. The molecule has 4 aromatic rings. The van der Waals surface area contributed by atoms with Crippen molar-refractivity contribution >= 4 is 27.6 Å². The number of aliphatic hydroxyl groups is 1. The minimum Gasteiger partial charge on any atom is -0.395 e. The monoisotopic (exact) mass is 388 g/mol. The van der Waals surface area contributed by atoms with Gasteiger partial charge in [-0.3, -0.25) is 14.3 Å². The Morgan fingerprint density at radius 2 is 2.00 bits per heavy atom. The highest BCUT2D eigenvalue weighted by Gasteiger charge is 2.32. The first-order chi connectivity index (χ1) is 14.3. The highest BCUT2D eigenvalue weighted by molar-refractivity contribution is 5.88. The molecule has 1 N–H and O–H groups in total. The van der Waals surface area contributed by atoms with E-state index >= 15 is 0 Å². The predicted molar refractivity (Wildman–Crippen MR) is 110 cm³/mol. The molecule has 146 valence electrons. The van der Waals surface area contributed by atoms with Gasteiger partial charge in [-0.2, -0.15) is 0 Å². The van der Waals surface area contributed by atoms with Crippen molar-refractivity contribution in [2.24, 2.45) is 0 Å². The molecule has 29 heavy (non-hydrogen) atoms. The summed E-state index contributed by atoms with van der Waals surface area (Å²) in [6.07, 6.45) is 6.82. The van der Waals surface area contributed by atoms with E-state index in [-0.39, 0.29) is 24.8 Å². The summed E-state index contributed by atoms with van der Waals surface area (Å²) in [5.41, 5.74) is 1.33. The number of hydrogen-bond donors (Lipinski definition) is 1. The van der Waals surface area contributed by atoms with Gasteiger partial charge in [0.15, 0.2) is 0 Å². The zero-order valence-corrected chi connectivity index (χ0v) is 15.8. The van der Waals surface area contributed by atoms with E-state index in [0.29, 0.717) is 16.7 Å². The average molecular weight is 388 g/mol. The van der Waals surface area contributed by atoms with Crippen LogP contribution in [0.15, 0.2) is 53.8 Å². The molecule has 0 saturated carbocycles. The van der Waals surface area contributed by atoms with Gasteiger partial charge in [-0.15, -0.1) is 0 Å².